The van der Waals surface area contributed by atoms with Crippen molar-refractivity contribution in [3.05, 3.63) is 270 Å². The summed E-state index contributed by atoms with van der Waals surface area (Å²) in [5.41, 5.74) is 19.9. The minimum atomic E-state index is -0.911. The van der Waals surface area contributed by atoms with Gasteiger partial charge in [0.25, 0.3) is 0 Å². The summed E-state index contributed by atoms with van der Waals surface area (Å²) in [5, 5.41) is 6.78. The minimum Gasteiger partial charge on any atom is -0.310 e. The monoisotopic (exact) mass is 872 g/mol. The van der Waals surface area contributed by atoms with Crippen molar-refractivity contribution in [3.63, 3.8) is 0 Å². The lowest BCUT2D eigenvalue weighted by atomic mass is 9.62. The van der Waals surface area contributed by atoms with Gasteiger partial charge in [0, 0.05) is 33.2 Å². The van der Waals surface area contributed by atoms with Crippen LogP contribution < -0.4 is 20.8 Å². The molecular weight excluding hydrogens is 828 g/mol. The van der Waals surface area contributed by atoms with Crippen LogP contribution in [0.2, 0.25) is 0 Å². The van der Waals surface area contributed by atoms with Crippen LogP contribution in [0, 0.1) is 0 Å². The predicted octanol–water partition coefficient (Wildman–Crippen LogP) is 15.0. The molecule has 0 saturated heterocycles. The molecule has 316 valence electrons. The highest BCUT2D eigenvalue weighted by molar-refractivity contribution is 7.80. The molecule has 1 unspecified atom stereocenters. The van der Waals surface area contributed by atoms with Crippen molar-refractivity contribution in [2.45, 2.75) is 24.7 Å². The molecule has 0 radical (unpaired) electrons. The Kier molecular flexibility index (Phi) is 8.25. The van der Waals surface area contributed by atoms with E-state index in [2.05, 4.69) is 260 Å². The van der Waals surface area contributed by atoms with Crippen LogP contribution in [0.3, 0.4) is 0 Å². The standard InChI is InChI=1S/C64H45N2P/c1-63(2)52-25-11-9-22-48(52)49-38-37-46(41-57(49)63)65(44-18-5-3-6-19-44)45-35-32-42(33-36-45)43-34-39-55-61(40-43)67(47-20-7-4-8-21-47)60-31-16-13-27-54(60)64(55)53-26-12-15-30-59(53)66-58-29-14-10-23-50(58)51-24-17-28-56(64)62(51)66/h3-41H,1-2H3/t64?,67-/m1/s1. The molecule has 0 fully saturated rings. The Morgan fingerprint density at radius 1 is 0.388 bits per heavy atom. The normalized spacial score (nSPS) is 16.8. The van der Waals surface area contributed by atoms with Gasteiger partial charge in [-0.1, -0.05) is 196 Å². The molecule has 0 saturated carbocycles. The molecule has 2 nitrogen and oxygen atoms in total. The summed E-state index contributed by atoms with van der Waals surface area (Å²) in [6, 6.07) is 89.2. The first-order chi connectivity index (χ1) is 33.0. The van der Waals surface area contributed by atoms with Crippen LogP contribution in [-0.2, 0) is 10.8 Å². The smallest absolute Gasteiger partial charge is 0.0755 e. The zero-order valence-corrected chi connectivity index (χ0v) is 38.3. The van der Waals surface area contributed by atoms with Crippen LogP contribution in [0.4, 0.5) is 17.1 Å². The predicted molar refractivity (Wildman–Crippen MR) is 283 cm³/mol. The minimum absolute atomic E-state index is 0.0938. The second-order valence-corrected chi connectivity index (χ2v) is 21.0. The van der Waals surface area contributed by atoms with E-state index in [0.29, 0.717) is 0 Å². The summed E-state index contributed by atoms with van der Waals surface area (Å²) in [4.78, 5) is 2.41. The number of anilines is 3. The summed E-state index contributed by atoms with van der Waals surface area (Å²) in [6.45, 7) is 4.72. The Morgan fingerprint density at radius 3 is 1.82 bits per heavy atom. The Labute approximate surface area is 392 Å². The van der Waals surface area contributed by atoms with Gasteiger partial charge in [-0.25, -0.2) is 0 Å². The van der Waals surface area contributed by atoms with Gasteiger partial charge in [-0.2, -0.15) is 0 Å². The van der Waals surface area contributed by atoms with Gasteiger partial charge in [0.15, 0.2) is 0 Å². The Balaban J connectivity index is 0.961. The number of para-hydroxylation sites is 4. The zero-order chi connectivity index (χ0) is 44.4. The van der Waals surface area contributed by atoms with Gasteiger partial charge in [-0.3, -0.25) is 0 Å². The summed E-state index contributed by atoms with van der Waals surface area (Å²) < 4.78 is 2.54. The number of hydrogen-bond acceptors (Lipinski definition) is 1. The van der Waals surface area contributed by atoms with Crippen molar-refractivity contribution < 1.29 is 0 Å². The third-order valence-electron chi connectivity index (χ3n) is 15.2. The third-order valence-corrected chi connectivity index (χ3v) is 17.7. The maximum atomic E-state index is 2.54. The molecule has 3 heterocycles. The van der Waals surface area contributed by atoms with Crippen molar-refractivity contribution in [1.82, 2.24) is 4.57 Å². The molecule has 3 aliphatic rings. The highest BCUT2D eigenvalue weighted by Gasteiger charge is 2.51. The van der Waals surface area contributed by atoms with Gasteiger partial charge >= 0.3 is 0 Å². The van der Waals surface area contributed by atoms with E-state index in [1.807, 2.05) is 0 Å². The fourth-order valence-corrected chi connectivity index (χ4v) is 15.0. The van der Waals surface area contributed by atoms with Gasteiger partial charge in [-0.15, -0.1) is 0 Å². The lowest BCUT2D eigenvalue weighted by molar-refractivity contribution is 0.660. The Hall–Kier alpha value is -7.77. The average Bonchev–Trinajstić information content (AvgIpc) is 3.84. The highest BCUT2D eigenvalue weighted by atomic mass is 31.1. The van der Waals surface area contributed by atoms with Crippen LogP contribution in [0.25, 0.3) is 49.7 Å². The number of fused-ring (bicyclic) bond motifs is 14. The van der Waals surface area contributed by atoms with E-state index < -0.39 is 13.3 Å². The summed E-state index contributed by atoms with van der Waals surface area (Å²) in [6.07, 6.45) is 0. The average molecular weight is 873 g/mol. The zero-order valence-electron chi connectivity index (χ0n) is 37.4. The lowest BCUT2D eigenvalue weighted by Crippen LogP contribution is -2.47. The van der Waals surface area contributed by atoms with Gasteiger partial charge < -0.3 is 9.47 Å². The van der Waals surface area contributed by atoms with E-state index in [4.69, 9.17) is 0 Å². The molecule has 2 aliphatic heterocycles. The van der Waals surface area contributed by atoms with Crippen LogP contribution in [-0.4, -0.2) is 4.57 Å². The molecule has 67 heavy (non-hydrogen) atoms. The van der Waals surface area contributed by atoms with E-state index in [-0.39, 0.29) is 5.41 Å². The molecule has 2 atom stereocenters. The molecule has 10 aromatic carbocycles. The van der Waals surface area contributed by atoms with Gasteiger partial charge in [-0.05, 0) is 134 Å². The van der Waals surface area contributed by atoms with Crippen LogP contribution in [0.5, 0.6) is 0 Å². The first-order valence-corrected chi connectivity index (χ1v) is 24.8. The number of hydrogen-bond donors (Lipinski definition) is 0. The number of rotatable bonds is 5. The first kappa shape index (κ1) is 38.5. The van der Waals surface area contributed by atoms with E-state index >= 15 is 0 Å². The van der Waals surface area contributed by atoms with E-state index in [1.165, 1.54) is 99.0 Å². The fourth-order valence-electron chi connectivity index (χ4n) is 12.3. The van der Waals surface area contributed by atoms with E-state index in [9.17, 15) is 0 Å². The molecule has 1 aliphatic carbocycles. The molecule has 0 N–H and O–H groups in total. The van der Waals surface area contributed by atoms with Gasteiger partial charge in [0.05, 0.1) is 22.1 Å². The van der Waals surface area contributed by atoms with Crippen molar-refractivity contribution in [2.75, 3.05) is 4.90 Å². The summed E-state index contributed by atoms with van der Waals surface area (Å²) in [7, 11) is -0.911. The number of benzene rings is 10. The second kappa shape index (κ2) is 14.4. The molecule has 1 aromatic heterocycles. The third kappa shape index (κ3) is 5.31. The van der Waals surface area contributed by atoms with Crippen molar-refractivity contribution in [2.24, 2.45) is 0 Å². The highest BCUT2D eigenvalue weighted by Crippen LogP contribution is 2.59. The maximum Gasteiger partial charge on any atom is 0.0755 e. The topological polar surface area (TPSA) is 8.17 Å². The van der Waals surface area contributed by atoms with Crippen LogP contribution in [0.1, 0.15) is 47.2 Å². The fraction of sp³-hybridized carbons (Fsp3) is 0.0625. The molecule has 3 heteroatoms. The van der Waals surface area contributed by atoms with Crippen LogP contribution >= 0.6 is 7.92 Å². The molecule has 14 rings (SSSR count). The lowest BCUT2D eigenvalue weighted by Gasteiger charge is -2.48. The molecule has 0 amide bonds. The number of nitrogens with zero attached hydrogens (tertiary/aromatic N) is 2. The van der Waals surface area contributed by atoms with Crippen molar-refractivity contribution in [1.29, 1.82) is 0 Å². The summed E-state index contributed by atoms with van der Waals surface area (Å²) >= 11 is 0. The molecule has 11 aromatic rings. The molecule has 1 spiro atoms. The first-order valence-electron chi connectivity index (χ1n) is 23.4. The van der Waals surface area contributed by atoms with Crippen molar-refractivity contribution in [3.8, 4) is 27.9 Å². The maximum absolute atomic E-state index is 2.54. The second-order valence-electron chi connectivity index (χ2n) is 18.9. The quantitative estimate of drug-likeness (QED) is 0.156. The number of aromatic nitrogens is 1. The molecular formula is C64H45N2P. The van der Waals surface area contributed by atoms with Gasteiger partial charge in [0.2, 0.25) is 0 Å². The molecule has 0 bridgehead atoms. The summed E-state index contributed by atoms with van der Waals surface area (Å²) in [5.74, 6) is 0. The van der Waals surface area contributed by atoms with Crippen LogP contribution in [0.15, 0.2) is 237 Å². The SMILES string of the molecule is CC1(C)c2ccccc2-c2ccc(N(c3ccccc3)c3ccc(-c4ccc5c(c4)[P@](c4ccccc4)c4ccccc4C54c5ccccc5-n5c6ccccc6c6cccc4c65)cc3)cc21. The van der Waals surface area contributed by atoms with E-state index in [0.717, 1.165) is 17.1 Å². The largest absolute Gasteiger partial charge is 0.310 e. The van der Waals surface area contributed by atoms with Crippen molar-refractivity contribution >= 4 is 62.7 Å². The Bertz CT molecular complexity index is 3790. The Morgan fingerprint density at radius 2 is 0.985 bits per heavy atom. The van der Waals surface area contributed by atoms with Gasteiger partial charge in [0.1, 0.15) is 0 Å². The van der Waals surface area contributed by atoms with E-state index in [1.54, 1.807) is 0 Å².